The van der Waals surface area contributed by atoms with Crippen molar-refractivity contribution in [1.29, 1.82) is 0 Å². The van der Waals surface area contributed by atoms with Crippen LogP contribution in [0.1, 0.15) is 19.3 Å². The summed E-state index contributed by atoms with van der Waals surface area (Å²) in [6, 6.07) is 4.10. The fourth-order valence-corrected chi connectivity index (χ4v) is 1.98. The van der Waals surface area contributed by atoms with Crippen molar-refractivity contribution in [3.63, 3.8) is 0 Å². The van der Waals surface area contributed by atoms with Crippen molar-refractivity contribution >= 4 is 23.2 Å². The number of amides is 1. The molecule has 0 bridgehead atoms. The molecule has 1 amide bonds. The summed E-state index contributed by atoms with van der Waals surface area (Å²) in [6.45, 7) is 0.723. The van der Waals surface area contributed by atoms with Gasteiger partial charge in [0.1, 0.15) is 5.82 Å². The number of nitrogens with one attached hydrogen (secondary N) is 1. The Morgan fingerprint density at radius 3 is 3.06 bits per heavy atom. The van der Waals surface area contributed by atoms with E-state index in [1.54, 1.807) is 0 Å². The molecule has 5 heteroatoms. The van der Waals surface area contributed by atoms with E-state index >= 15 is 0 Å². The third-order valence-corrected chi connectivity index (χ3v) is 2.93. The lowest BCUT2D eigenvalue weighted by Crippen LogP contribution is -2.19. The summed E-state index contributed by atoms with van der Waals surface area (Å²) < 4.78 is 18.3. The first-order chi connectivity index (χ1) is 8.15. The number of halogens is 2. The van der Waals surface area contributed by atoms with Crippen LogP contribution in [0.4, 0.5) is 10.1 Å². The summed E-state index contributed by atoms with van der Waals surface area (Å²) in [7, 11) is 0. The predicted octanol–water partition coefficient (Wildman–Crippen LogP) is 2.99. The Morgan fingerprint density at radius 2 is 2.41 bits per heavy atom. The second kappa shape index (κ2) is 5.47. The Balaban J connectivity index is 1.90. The van der Waals surface area contributed by atoms with E-state index < -0.39 is 5.82 Å². The van der Waals surface area contributed by atoms with E-state index in [1.807, 2.05) is 0 Å². The van der Waals surface area contributed by atoms with Crippen LogP contribution in [0.3, 0.4) is 0 Å². The first-order valence-electron chi connectivity index (χ1n) is 5.51. The van der Waals surface area contributed by atoms with Crippen molar-refractivity contribution < 1.29 is 13.9 Å². The minimum absolute atomic E-state index is 0.0000774. The van der Waals surface area contributed by atoms with Crippen LogP contribution in [0.5, 0.6) is 0 Å². The minimum Gasteiger partial charge on any atom is -0.378 e. The molecule has 0 aliphatic carbocycles. The SMILES string of the molecule is O=C(CC1CCCO1)Nc1ccc(F)c(Cl)c1. The van der Waals surface area contributed by atoms with Crippen molar-refractivity contribution in [1.82, 2.24) is 0 Å². The molecule has 1 unspecified atom stereocenters. The van der Waals surface area contributed by atoms with Gasteiger partial charge < -0.3 is 10.1 Å². The van der Waals surface area contributed by atoms with Gasteiger partial charge >= 0.3 is 0 Å². The van der Waals surface area contributed by atoms with Gasteiger partial charge in [0.2, 0.25) is 5.91 Å². The average molecular weight is 258 g/mol. The lowest BCUT2D eigenvalue weighted by atomic mass is 10.2. The number of carbonyl (C=O) groups excluding carboxylic acids is 1. The summed E-state index contributed by atoms with van der Waals surface area (Å²) in [6.07, 6.45) is 2.25. The topological polar surface area (TPSA) is 38.3 Å². The molecule has 2 rings (SSSR count). The number of hydrogen-bond acceptors (Lipinski definition) is 2. The van der Waals surface area contributed by atoms with Crippen LogP contribution in [0.25, 0.3) is 0 Å². The Morgan fingerprint density at radius 1 is 1.59 bits per heavy atom. The van der Waals surface area contributed by atoms with Crippen molar-refractivity contribution in [2.45, 2.75) is 25.4 Å². The van der Waals surface area contributed by atoms with Gasteiger partial charge in [0.05, 0.1) is 17.5 Å². The molecule has 1 fully saturated rings. The molecule has 1 atom stereocenters. The van der Waals surface area contributed by atoms with Crippen LogP contribution >= 0.6 is 11.6 Å². The normalized spacial score (nSPS) is 19.3. The van der Waals surface area contributed by atoms with Crippen LogP contribution in [0.15, 0.2) is 18.2 Å². The van der Waals surface area contributed by atoms with Gasteiger partial charge in [-0.15, -0.1) is 0 Å². The smallest absolute Gasteiger partial charge is 0.226 e. The predicted molar refractivity (Wildman–Crippen MR) is 63.6 cm³/mol. The van der Waals surface area contributed by atoms with Gasteiger partial charge in [0.15, 0.2) is 0 Å². The molecular weight excluding hydrogens is 245 g/mol. The summed E-state index contributed by atoms with van der Waals surface area (Å²) in [4.78, 5) is 11.6. The molecule has 0 spiro atoms. The quantitative estimate of drug-likeness (QED) is 0.904. The number of benzene rings is 1. The van der Waals surface area contributed by atoms with E-state index in [-0.39, 0.29) is 17.0 Å². The lowest BCUT2D eigenvalue weighted by Gasteiger charge is -2.10. The molecule has 0 aromatic heterocycles. The van der Waals surface area contributed by atoms with Crippen LogP contribution in [-0.2, 0) is 9.53 Å². The number of hydrogen-bond donors (Lipinski definition) is 1. The van der Waals surface area contributed by atoms with Gasteiger partial charge in [0, 0.05) is 12.3 Å². The molecule has 1 aliphatic heterocycles. The first kappa shape index (κ1) is 12.3. The fraction of sp³-hybridized carbons (Fsp3) is 0.417. The second-order valence-corrected chi connectivity index (χ2v) is 4.42. The highest BCUT2D eigenvalue weighted by atomic mass is 35.5. The number of anilines is 1. The van der Waals surface area contributed by atoms with E-state index in [2.05, 4.69) is 5.32 Å². The molecule has 1 aromatic rings. The Hall–Kier alpha value is -1.13. The standard InChI is InChI=1S/C12H13ClFNO2/c13-10-6-8(3-4-11(10)14)15-12(16)7-9-2-1-5-17-9/h3-4,6,9H,1-2,5,7H2,(H,15,16). The zero-order valence-corrected chi connectivity index (χ0v) is 9.97. The van der Waals surface area contributed by atoms with Crippen LogP contribution in [-0.4, -0.2) is 18.6 Å². The molecule has 92 valence electrons. The summed E-state index contributed by atoms with van der Waals surface area (Å²) >= 11 is 5.62. The summed E-state index contributed by atoms with van der Waals surface area (Å²) in [5.74, 6) is -0.636. The van der Waals surface area contributed by atoms with Gasteiger partial charge in [-0.05, 0) is 31.0 Å². The Labute approximate surface area is 104 Å². The van der Waals surface area contributed by atoms with Crippen molar-refractivity contribution in [2.24, 2.45) is 0 Å². The maximum absolute atomic E-state index is 12.9. The highest BCUT2D eigenvalue weighted by molar-refractivity contribution is 6.31. The van der Waals surface area contributed by atoms with Crippen LogP contribution in [0.2, 0.25) is 5.02 Å². The maximum Gasteiger partial charge on any atom is 0.226 e. The van der Waals surface area contributed by atoms with E-state index in [0.717, 1.165) is 19.4 Å². The van der Waals surface area contributed by atoms with Crippen LogP contribution < -0.4 is 5.32 Å². The Bertz CT molecular complexity index is 419. The van der Waals surface area contributed by atoms with Gasteiger partial charge in [-0.25, -0.2) is 4.39 Å². The second-order valence-electron chi connectivity index (χ2n) is 4.02. The number of ether oxygens (including phenoxy) is 1. The molecule has 1 saturated heterocycles. The van der Waals surface area contributed by atoms with Gasteiger partial charge in [-0.2, -0.15) is 0 Å². The molecule has 17 heavy (non-hydrogen) atoms. The maximum atomic E-state index is 12.9. The number of carbonyl (C=O) groups is 1. The largest absolute Gasteiger partial charge is 0.378 e. The van der Waals surface area contributed by atoms with Gasteiger partial charge in [-0.3, -0.25) is 4.79 Å². The first-order valence-corrected chi connectivity index (χ1v) is 5.89. The molecule has 1 aromatic carbocycles. The van der Waals surface area contributed by atoms with E-state index in [0.29, 0.717) is 12.1 Å². The zero-order valence-electron chi connectivity index (χ0n) is 9.21. The average Bonchev–Trinajstić information content (AvgIpc) is 2.76. The monoisotopic (exact) mass is 257 g/mol. The molecule has 1 heterocycles. The summed E-state index contributed by atoms with van der Waals surface area (Å²) in [5.41, 5.74) is 0.499. The van der Waals surface area contributed by atoms with Crippen molar-refractivity contribution in [3.05, 3.63) is 29.0 Å². The van der Waals surface area contributed by atoms with E-state index in [4.69, 9.17) is 16.3 Å². The fourth-order valence-electron chi connectivity index (χ4n) is 1.80. The van der Waals surface area contributed by atoms with Crippen molar-refractivity contribution in [2.75, 3.05) is 11.9 Å². The van der Waals surface area contributed by atoms with E-state index in [1.165, 1.54) is 18.2 Å². The third kappa shape index (κ3) is 3.41. The minimum atomic E-state index is -0.496. The summed E-state index contributed by atoms with van der Waals surface area (Å²) in [5, 5.41) is 2.67. The Kier molecular flexibility index (Phi) is 3.97. The van der Waals surface area contributed by atoms with Crippen molar-refractivity contribution in [3.8, 4) is 0 Å². The zero-order chi connectivity index (χ0) is 12.3. The molecule has 1 aliphatic rings. The highest BCUT2D eigenvalue weighted by Crippen LogP contribution is 2.20. The third-order valence-electron chi connectivity index (χ3n) is 2.64. The lowest BCUT2D eigenvalue weighted by molar-refractivity contribution is -0.118. The van der Waals surface area contributed by atoms with Gasteiger partial charge in [-0.1, -0.05) is 11.6 Å². The molecule has 3 nitrogen and oxygen atoms in total. The molecular formula is C12H13ClFNO2. The molecule has 0 saturated carbocycles. The molecule has 0 radical (unpaired) electrons. The highest BCUT2D eigenvalue weighted by Gasteiger charge is 2.19. The van der Waals surface area contributed by atoms with E-state index in [9.17, 15) is 9.18 Å². The van der Waals surface area contributed by atoms with Crippen LogP contribution in [0, 0.1) is 5.82 Å². The number of rotatable bonds is 3. The van der Waals surface area contributed by atoms with Gasteiger partial charge in [0.25, 0.3) is 0 Å². The molecule has 1 N–H and O–H groups in total.